The molecule has 1 heterocycles. The summed E-state index contributed by atoms with van der Waals surface area (Å²) >= 11 is 0. The van der Waals surface area contributed by atoms with E-state index in [-0.39, 0.29) is 0 Å². The van der Waals surface area contributed by atoms with E-state index < -0.39 is 0 Å². The molecule has 0 saturated carbocycles. The van der Waals surface area contributed by atoms with E-state index in [9.17, 15) is 0 Å². The second-order valence-electron chi connectivity index (χ2n) is 3.18. The average molecular weight is 215 g/mol. The summed E-state index contributed by atoms with van der Waals surface area (Å²) in [5.41, 5.74) is 3.44. The Morgan fingerprint density at radius 1 is 1.38 bits per heavy atom. The summed E-state index contributed by atoms with van der Waals surface area (Å²) in [6.07, 6.45) is 8.21. The Bertz CT molecular complexity index is 361. The number of aromatic nitrogens is 1. The van der Waals surface area contributed by atoms with E-state index in [1.165, 1.54) is 5.56 Å². The summed E-state index contributed by atoms with van der Waals surface area (Å²) in [5.74, 6) is 0. The molecule has 0 unspecified atom stereocenters. The number of allylic oxidation sites excluding steroid dienone is 4. The lowest BCUT2D eigenvalue weighted by Gasteiger charge is -2.01. The van der Waals surface area contributed by atoms with E-state index in [0.717, 1.165) is 17.7 Å². The maximum Gasteiger partial charge on any atom is 0.0450 e. The van der Waals surface area contributed by atoms with Gasteiger partial charge in [0.25, 0.3) is 0 Å². The number of aryl methyl sites for hydroxylation is 1. The number of hydrogen-bond donors (Lipinski definition) is 0. The third-order valence-electron chi connectivity index (χ3n) is 1.95. The first kappa shape index (κ1) is 14.4. The molecule has 0 aromatic carbocycles. The first-order chi connectivity index (χ1) is 7.76. The molecule has 1 rings (SSSR count). The Labute approximate surface area is 99.2 Å². The molecule has 0 N–H and O–H groups in total. The minimum Gasteiger partial charge on any atom is -0.261 e. The lowest BCUT2D eigenvalue weighted by molar-refractivity contribution is 1.06. The van der Waals surface area contributed by atoms with Crippen LogP contribution in [0.4, 0.5) is 0 Å². The van der Waals surface area contributed by atoms with Crippen LogP contribution < -0.4 is 0 Å². The first-order valence-corrected chi connectivity index (χ1v) is 5.62. The fourth-order valence-corrected chi connectivity index (χ4v) is 1.26. The second kappa shape index (κ2) is 8.66. The highest BCUT2D eigenvalue weighted by Crippen LogP contribution is 2.08. The van der Waals surface area contributed by atoms with Crippen LogP contribution in [0.15, 0.2) is 55.3 Å². The molecule has 0 amide bonds. The highest BCUT2D eigenvalue weighted by Gasteiger charge is 1.96. The molecule has 0 saturated heterocycles. The molecule has 16 heavy (non-hydrogen) atoms. The minimum atomic E-state index is 0.817. The number of hydrogen-bond acceptors (Lipinski definition) is 1. The van der Waals surface area contributed by atoms with Gasteiger partial charge in [0.05, 0.1) is 0 Å². The second-order valence-corrected chi connectivity index (χ2v) is 3.18. The Hall–Kier alpha value is -1.63. The van der Waals surface area contributed by atoms with Crippen molar-refractivity contribution in [3.63, 3.8) is 0 Å². The highest BCUT2D eigenvalue weighted by molar-refractivity contribution is 5.27. The van der Waals surface area contributed by atoms with Gasteiger partial charge < -0.3 is 0 Å². The molecule has 0 aliphatic carbocycles. The monoisotopic (exact) mass is 215 g/mol. The van der Waals surface area contributed by atoms with Crippen LogP contribution in [-0.2, 0) is 6.42 Å². The van der Waals surface area contributed by atoms with Gasteiger partial charge in [-0.25, -0.2) is 0 Å². The lowest BCUT2D eigenvalue weighted by Crippen LogP contribution is -1.92. The zero-order chi connectivity index (χ0) is 12.4. The van der Waals surface area contributed by atoms with Crippen molar-refractivity contribution >= 4 is 0 Å². The summed E-state index contributed by atoms with van der Waals surface area (Å²) in [6, 6.07) is 4.08. The standard InChI is InChI=1S/C13H15N.C2H6/c1-4-6-12(5-2)10-13-9-11(3)7-8-14-13;1-2/h4-9H,1-2,10H2,3H3;1-2H3/b12-6+;. The molecule has 1 aromatic heterocycles. The van der Waals surface area contributed by atoms with Crippen molar-refractivity contribution in [1.29, 1.82) is 0 Å². The van der Waals surface area contributed by atoms with Crippen LogP contribution in [0.5, 0.6) is 0 Å². The summed E-state index contributed by atoms with van der Waals surface area (Å²) in [4.78, 5) is 4.29. The molecule has 0 spiro atoms. The molecule has 0 radical (unpaired) electrons. The van der Waals surface area contributed by atoms with E-state index in [0.29, 0.717) is 0 Å². The van der Waals surface area contributed by atoms with Crippen molar-refractivity contribution in [2.24, 2.45) is 0 Å². The number of rotatable bonds is 4. The van der Waals surface area contributed by atoms with Crippen LogP contribution in [0.2, 0.25) is 0 Å². The van der Waals surface area contributed by atoms with Crippen LogP contribution in [-0.4, -0.2) is 4.98 Å². The van der Waals surface area contributed by atoms with E-state index in [4.69, 9.17) is 0 Å². The van der Waals surface area contributed by atoms with Gasteiger partial charge in [0, 0.05) is 18.3 Å². The predicted molar refractivity (Wildman–Crippen MR) is 72.5 cm³/mol. The van der Waals surface area contributed by atoms with E-state index >= 15 is 0 Å². The fraction of sp³-hybridized carbons (Fsp3) is 0.267. The zero-order valence-electron chi connectivity index (χ0n) is 10.5. The highest BCUT2D eigenvalue weighted by atomic mass is 14.7. The van der Waals surface area contributed by atoms with E-state index in [2.05, 4.69) is 31.1 Å². The molecule has 0 bridgehead atoms. The third-order valence-corrected chi connectivity index (χ3v) is 1.95. The molecular weight excluding hydrogens is 194 g/mol. The molecule has 1 aromatic rings. The minimum absolute atomic E-state index is 0.817. The summed E-state index contributed by atoms with van der Waals surface area (Å²) < 4.78 is 0. The van der Waals surface area contributed by atoms with Gasteiger partial charge in [-0.1, -0.05) is 45.2 Å². The van der Waals surface area contributed by atoms with Crippen molar-refractivity contribution in [2.45, 2.75) is 27.2 Å². The number of pyridine rings is 1. The summed E-state index contributed by atoms with van der Waals surface area (Å²) in [5, 5.41) is 0. The fourth-order valence-electron chi connectivity index (χ4n) is 1.26. The summed E-state index contributed by atoms with van der Waals surface area (Å²) in [7, 11) is 0. The van der Waals surface area contributed by atoms with Gasteiger partial charge in [-0.3, -0.25) is 4.98 Å². The smallest absolute Gasteiger partial charge is 0.0450 e. The molecule has 1 nitrogen and oxygen atoms in total. The first-order valence-electron chi connectivity index (χ1n) is 5.62. The van der Waals surface area contributed by atoms with Gasteiger partial charge in [0.1, 0.15) is 0 Å². The van der Waals surface area contributed by atoms with Crippen LogP contribution in [0, 0.1) is 6.92 Å². The maximum absolute atomic E-state index is 4.29. The largest absolute Gasteiger partial charge is 0.261 e. The molecule has 0 aliphatic heterocycles. The van der Waals surface area contributed by atoms with Crippen LogP contribution >= 0.6 is 0 Å². The lowest BCUT2D eigenvalue weighted by atomic mass is 10.1. The molecule has 86 valence electrons. The van der Waals surface area contributed by atoms with Gasteiger partial charge in [0.2, 0.25) is 0 Å². The topological polar surface area (TPSA) is 12.9 Å². The van der Waals surface area contributed by atoms with Crippen LogP contribution in [0.3, 0.4) is 0 Å². The van der Waals surface area contributed by atoms with Gasteiger partial charge in [-0.2, -0.15) is 0 Å². The molecule has 0 atom stereocenters. The Kier molecular flexibility index (Phi) is 7.78. The van der Waals surface area contributed by atoms with Crippen LogP contribution in [0.1, 0.15) is 25.1 Å². The van der Waals surface area contributed by atoms with E-state index in [1.54, 1.807) is 6.08 Å². The normalized spacial score (nSPS) is 10.1. The SMILES string of the molecule is C=C/C=C(\C=C)Cc1cc(C)ccn1.CC. The van der Waals surface area contributed by atoms with Gasteiger partial charge in [0.15, 0.2) is 0 Å². The van der Waals surface area contributed by atoms with Crippen LogP contribution in [0.25, 0.3) is 0 Å². The summed E-state index contributed by atoms with van der Waals surface area (Å²) in [6.45, 7) is 13.5. The molecule has 0 aliphatic rings. The molecule has 0 fully saturated rings. The third kappa shape index (κ3) is 5.30. The Balaban J connectivity index is 0.00000106. The van der Waals surface area contributed by atoms with Crippen molar-refractivity contribution in [3.05, 3.63) is 66.5 Å². The maximum atomic E-state index is 4.29. The Morgan fingerprint density at radius 2 is 2.06 bits per heavy atom. The Morgan fingerprint density at radius 3 is 2.56 bits per heavy atom. The van der Waals surface area contributed by atoms with Gasteiger partial charge in [-0.05, 0) is 30.2 Å². The van der Waals surface area contributed by atoms with Crippen molar-refractivity contribution in [2.75, 3.05) is 0 Å². The number of nitrogens with zero attached hydrogens (tertiary/aromatic N) is 1. The average Bonchev–Trinajstić information content (AvgIpc) is 2.31. The van der Waals surface area contributed by atoms with Crippen molar-refractivity contribution < 1.29 is 0 Å². The zero-order valence-corrected chi connectivity index (χ0v) is 10.5. The van der Waals surface area contributed by atoms with Crippen molar-refractivity contribution in [1.82, 2.24) is 4.98 Å². The van der Waals surface area contributed by atoms with Gasteiger partial charge >= 0.3 is 0 Å². The quantitative estimate of drug-likeness (QED) is 0.684. The molecular formula is C15H21N. The van der Waals surface area contributed by atoms with Gasteiger partial charge in [-0.15, -0.1) is 0 Å². The van der Waals surface area contributed by atoms with E-state index in [1.807, 2.05) is 38.3 Å². The van der Waals surface area contributed by atoms with Crippen molar-refractivity contribution in [3.8, 4) is 0 Å². The predicted octanol–water partition coefficient (Wildman–Crippen LogP) is 4.26. The molecule has 1 heteroatoms.